The van der Waals surface area contributed by atoms with Crippen molar-refractivity contribution in [3.63, 3.8) is 0 Å². The number of carbonyl (C=O) groups excluding carboxylic acids is 1. The van der Waals surface area contributed by atoms with Crippen molar-refractivity contribution in [2.24, 2.45) is 5.41 Å². The maximum atomic E-state index is 12.1. The highest BCUT2D eigenvalue weighted by Crippen LogP contribution is 2.55. The Morgan fingerprint density at radius 2 is 1.38 bits per heavy atom. The van der Waals surface area contributed by atoms with Crippen LogP contribution in [-0.2, 0) is 10.2 Å². The lowest BCUT2D eigenvalue weighted by Gasteiger charge is -2.49. The Hall–Kier alpha value is -2.15. The predicted molar refractivity (Wildman–Crippen MR) is 97.9 cm³/mol. The van der Waals surface area contributed by atoms with Gasteiger partial charge >= 0.3 is 0 Å². The van der Waals surface area contributed by atoms with Crippen LogP contribution in [-0.4, -0.2) is 5.78 Å². The van der Waals surface area contributed by atoms with E-state index in [2.05, 4.69) is 67.6 Å². The number of fused-ring (bicyclic) bond motifs is 1. The topological polar surface area (TPSA) is 17.1 Å². The Morgan fingerprint density at radius 1 is 0.792 bits per heavy atom. The van der Waals surface area contributed by atoms with E-state index in [4.69, 9.17) is 0 Å². The molecule has 0 amide bonds. The van der Waals surface area contributed by atoms with E-state index >= 15 is 0 Å². The third kappa shape index (κ3) is 2.43. The van der Waals surface area contributed by atoms with Crippen molar-refractivity contribution >= 4 is 5.78 Å². The minimum absolute atomic E-state index is 0.00845. The highest BCUT2D eigenvalue weighted by Gasteiger charge is 2.46. The summed E-state index contributed by atoms with van der Waals surface area (Å²) in [6.45, 7) is 2.35. The molecular formula is C23H24O. The summed E-state index contributed by atoms with van der Waals surface area (Å²) in [4.78, 5) is 12.1. The van der Waals surface area contributed by atoms with Crippen molar-refractivity contribution in [1.82, 2.24) is 0 Å². The molecule has 1 nitrogen and oxygen atoms in total. The van der Waals surface area contributed by atoms with E-state index in [0.29, 0.717) is 12.2 Å². The van der Waals surface area contributed by atoms with E-state index in [1.807, 2.05) is 6.08 Å². The number of ketones is 1. The molecule has 0 bridgehead atoms. The van der Waals surface area contributed by atoms with E-state index < -0.39 is 0 Å². The van der Waals surface area contributed by atoms with Crippen molar-refractivity contribution < 1.29 is 4.79 Å². The molecule has 0 heterocycles. The van der Waals surface area contributed by atoms with Gasteiger partial charge in [-0.3, -0.25) is 4.79 Å². The first kappa shape index (κ1) is 15.4. The van der Waals surface area contributed by atoms with Gasteiger partial charge in [0.25, 0.3) is 0 Å². The SMILES string of the molecule is CC12CCC(=O)C=C1CC(c1ccccc1)(c1ccccc1)CC2. The van der Waals surface area contributed by atoms with Crippen molar-refractivity contribution in [3.8, 4) is 0 Å². The van der Waals surface area contributed by atoms with Crippen LogP contribution < -0.4 is 0 Å². The van der Waals surface area contributed by atoms with Gasteiger partial charge in [-0.25, -0.2) is 0 Å². The molecule has 1 unspecified atom stereocenters. The molecular weight excluding hydrogens is 292 g/mol. The largest absolute Gasteiger partial charge is 0.295 e. The summed E-state index contributed by atoms with van der Waals surface area (Å²) in [7, 11) is 0. The molecule has 1 fully saturated rings. The lowest BCUT2D eigenvalue weighted by molar-refractivity contribution is -0.115. The van der Waals surface area contributed by atoms with Crippen LogP contribution in [0.25, 0.3) is 0 Å². The molecule has 122 valence electrons. The van der Waals surface area contributed by atoms with Gasteiger partial charge < -0.3 is 0 Å². The second-order valence-corrected chi connectivity index (χ2v) is 7.69. The normalized spacial score (nSPS) is 25.7. The number of allylic oxidation sites excluding steroid dienone is 2. The van der Waals surface area contributed by atoms with E-state index in [9.17, 15) is 4.79 Å². The zero-order valence-electron chi connectivity index (χ0n) is 14.3. The molecule has 1 heteroatoms. The summed E-state index contributed by atoms with van der Waals surface area (Å²) in [6.07, 6.45) is 6.94. The summed E-state index contributed by atoms with van der Waals surface area (Å²) in [5.74, 6) is 0.305. The van der Waals surface area contributed by atoms with Gasteiger partial charge in [0.2, 0.25) is 0 Å². The fourth-order valence-electron chi connectivity index (χ4n) is 4.63. The van der Waals surface area contributed by atoms with Crippen LogP contribution in [0.5, 0.6) is 0 Å². The minimum Gasteiger partial charge on any atom is -0.295 e. The van der Waals surface area contributed by atoms with Crippen LogP contribution in [0, 0.1) is 5.41 Å². The fourth-order valence-corrected chi connectivity index (χ4v) is 4.63. The standard InChI is InChI=1S/C23H24O/c1-22-13-12-21(24)16-20(22)17-23(15-14-22,18-8-4-2-5-9-18)19-10-6-3-7-11-19/h2-11,16H,12-15,17H2,1H3. The highest BCUT2D eigenvalue weighted by atomic mass is 16.1. The molecule has 24 heavy (non-hydrogen) atoms. The summed E-state index contributed by atoms with van der Waals surface area (Å²) < 4.78 is 0. The Morgan fingerprint density at radius 3 is 1.96 bits per heavy atom. The Labute approximate surface area is 144 Å². The van der Waals surface area contributed by atoms with Crippen LogP contribution in [0.4, 0.5) is 0 Å². The quantitative estimate of drug-likeness (QED) is 0.720. The van der Waals surface area contributed by atoms with Gasteiger partial charge in [0.15, 0.2) is 5.78 Å². The van der Waals surface area contributed by atoms with E-state index in [-0.39, 0.29) is 10.8 Å². The van der Waals surface area contributed by atoms with E-state index in [1.54, 1.807) is 0 Å². The number of hydrogen-bond donors (Lipinski definition) is 0. The molecule has 0 N–H and O–H groups in total. The lowest BCUT2D eigenvalue weighted by Crippen LogP contribution is -2.40. The minimum atomic E-state index is -0.00845. The third-order valence-corrected chi connectivity index (χ3v) is 6.28. The van der Waals surface area contributed by atoms with Crippen molar-refractivity contribution in [2.75, 3.05) is 0 Å². The lowest BCUT2D eigenvalue weighted by atomic mass is 9.55. The first-order valence-corrected chi connectivity index (χ1v) is 8.97. The molecule has 2 aromatic rings. The molecule has 1 atom stereocenters. The monoisotopic (exact) mass is 316 g/mol. The second-order valence-electron chi connectivity index (χ2n) is 7.69. The van der Waals surface area contributed by atoms with Gasteiger partial charge in [0.1, 0.15) is 0 Å². The zero-order chi connectivity index (χ0) is 16.6. The zero-order valence-corrected chi connectivity index (χ0v) is 14.3. The molecule has 0 aromatic heterocycles. The summed E-state index contributed by atoms with van der Waals surface area (Å²) >= 11 is 0. The number of carbonyl (C=O) groups is 1. The predicted octanol–water partition coefficient (Wildman–Crippen LogP) is 5.45. The van der Waals surface area contributed by atoms with Crippen LogP contribution >= 0.6 is 0 Å². The van der Waals surface area contributed by atoms with Gasteiger partial charge in [-0.05, 0) is 48.3 Å². The summed E-state index contributed by atoms with van der Waals surface area (Å²) in [6, 6.07) is 21.7. The molecule has 0 radical (unpaired) electrons. The Balaban J connectivity index is 1.86. The third-order valence-electron chi connectivity index (χ3n) is 6.28. The maximum Gasteiger partial charge on any atom is 0.155 e. The molecule has 2 aliphatic carbocycles. The first-order valence-electron chi connectivity index (χ1n) is 8.97. The number of benzene rings is 2. The average Bonchev–Trinajstić information content (AvgIpc) is 2.63. The van der Waals surface area contributed by atoms with Crippen molar-refractivity contribution in [1.29, 1.82) is 0 Å². The molecule has 1 saturated carbocycles. The smallest absolute Gasteiger partial charge is 0.155 e. The summed E-state index contributed by atoms with van der Waals surface area (Å²) in [5.41, 5.74) is 4.30. The van der Waals surface area contributed by atoms with Gasteiger partial charge in [0, 0.05) is 11.8 Å². The maximum absolute atomic E-state index is 12.1. The van der Waals surface area contributed by atoms with Gasteiger partial charge in [-0.1, -0.05) is 73.2 Å². The van der Waals surface area contributed by atoms with Crippen LogP contribution in [0.2, 0.25) is 0 Å². The molecule has 2 aliphatic rings. The highest BCUT2D eigenvalue weighted by molar-refractivity contribution is 5.91. The van der Waals surface area contributed by atoms with Crippen molar-refractivity contribution in [2.45, 2.75) is 44.4 Å². The van der Waals surface area contributed by atoms with Crippen molar-refractivity contribution in [3.05, 3.63) is 83.4 Å². The first-order chi connectivity index (χ1) is 11.6. The van der Waals surface area contributed by atoms with Gasteiger partial charge in [-0.2, -0.15) is 0 Å². The molecule has 0 spiro atoms. The number of hydrogen-bond acceptors (Lipinski definition) is 1. The van der Waals surface area contributed by atoms with Gasteiger partial charge in [0.05, 0.1) is 0 Å². The summed E-state index contributed by atoms with van der Waals surface area (Å²) in [5, 5.41) is 0. The second kappa shape index (κ2) is 5.73. The van der Waals surface area contributed by atoms with Gasteiger partial charge in [-0.15, -0.1) is 0 Å². The van der Waals surface area contributed by atoms with E-state index in [1.165, 1.54) is 16.7 Å². The van der Waals surface area contributed by atoms with Crippen LogP contribution in [0.3, 0.4) is 0 Å². The van der Waals surface area contributed by atoms with E-state index in [0.717, 1.165) is 25.7 Å². The average molecular weight is 316 g/mol. The van der Waals surface area contributed by atoms with Crippen LogP contribution in [0.1, 0.15) is 50.2 Å². The number of rotatable bonds is 2. The molecule has 2 aromatic carbocycles. The Kier molecular flexibility index (Phi) is 3.68. The fraction of sp³-hybridized carbons (Fsp3) is 0.348. The Bertz CT molecular complexity index is 733. The molecule has 0 aliphatic heterocycles. The van der Waals surface area contributed by atoms with Crippen LogP contribution in [0.15, 0.2) is 72.3 Å². The molecule has 4 rings (SSSR count). The molecule has 0 saturated heterocycles.